The number of aliphatic carboxylic acids is 1. The van der Waals surface area contributed by atoms with Gasteiger partial charge in [0.15, 0.2) is 5.82 Å². The first-order valence-corrected chi connectivity index (χ1v) is 9.88. The van der Waals surface area contributed by atoms with Gasteiger partial charge in [-0.15, -0.1) is 11.8 Å². The number of anilines is 1. The normalized spacial score (nSPS) is 10.6. The van der Waals surface area contributed by atoms with Crippen LogP contribution >= 0.6 is 11.8 Å². The molecule has 0 amide bonds. The molecule has 0 aliphatic rings. The van der Waals surface area contributed by atoms with Crippen LogP contribution in [0.4, 0.5) is 5.82 Å². The van der Waals surface area contributed by atoms with E-state index in [1.807, 2.05) is 60.7 Å². The van der Waals surface area contributed by atoms with Gasteiger partial charge in [0.2, 0.25) is 0 Å². The molecule has 3 rings (SSSR count). The first kappa shape index (κ1) is 19.7. The fraction of sp³-hybridized carbons (Fsp3) is 0.190. The number of hydrogen-bond donors (Lipinski definition) is 2. The molecular weight excluding hydrogens is 374 g/mol. The van der Waals surface area contributed by atoms with E-state index in [-0.39, 0.29) is 12.4 Å². The average Bonchev–Trinajstić information content (AvgIpc) is 2.71. The summed E-state index contributed by atoms with van der Waals surface area (Å²) in [4.78, 5) is 29.3. The number of aromatic nitrogens is 2. The van der Waals surface area contributed by atoms with E-state index in [4.69, 9.17) is 0 Å². The maximum absolute atomic E-state index is 12.7. The van der Waals surface area contributed by atoms with Crippen molar-refractivity contribution in [2.45, 2.75) is 23.6 Å². The molecule has 0 aliphatic carbocycles. The average molecular weight is 395 g/mol. The molecule has 0 saturated carbocycles. The summed E-state index contributed by atoms with van der Waals surface area (Å²) in [5.74, 6) is -0.427. The van der Waals surface area contributed by atoms with Crippen LogP contribution in [-0.2, 0) is 23.5 Å². The summed E-state index contributed by atoms with van der Waals surface area (Å²) in [6.07, 6.45) is 2.32. The van der Waals surface area contributed by atoms with Gasteiger partial charge in [-0.1, -0.05) is 48.5 Å². The number of thioether (sulfide) groups is 1. The summed E-state index contributed by atoms with van der Waals surface area (Å²) in [5.41, 5.74) is 1.31. The predicted molar refractivity (Wildman–Crippen MR) is 111 cm³/mol. The number of benzene rings is 2. The number of rotatable bonds is 9. The smallest absolute Gasteiger partial charge is 0.323 e. The molecule has 1 heterocycles. The second-order valence-corrected chi connectivity index (χ2v) is 7.20. The molecule has 0 radical (unpaired) electrons. The summed E-state index contributed by atoms with van der Waals surface area (Å²) in [6, 6.07) is 19.7. The van der Waals surface area contributed by atoms with Crippen molar-refractivity contribution in [1.82, 2.24) is 9.55 Å². The predicted octanol–water partition coefficient (Wildman–Crippen LogP) is 3.27. The molecule has 0 atom stereocenters. The maximum atomic E-state index is 12.7. The Kier molecular flexibility index (Phi) is 6.86. The molecule has 1 aromatic heterocycles. The van der Waals surface area contributed by atoms with Crippen LogP contribution in [0.2, 0.25) is 0 Å². The highest BCUT2D eigenvalue weighted by Gasteiger charge is 2.13. The first-order chi connectivity index (χ1) is 13.6. The highest BCUT2D eigenvalue weighted by molar-refractivity contribution is 7.98. The van der Waals surface area contributed by atoms with Crippen molar-refractivity contribution in [3.05, 3.63) is 88.5 Å². The first-order valence-electron chi connectivity index (χ1n) is 8.89. The lowest BCUT2D eigenvalue weighted by Crippen LogP contribution is -2.30. The lowest BCUT2D eigenvalue weighted by atomic mass is 10.1. The summed E-state index contributed by atoms with van der Waals surface area (Å²) < 4.78 is 1.27. The molecule has 28 heavy (non-hydrogen) atoms. The zero-order chi connectivity index (χ0) is 19.8. The van der Waals surface area contributed by atoms with Crippen molar-refractivity contribution < 1.29 is 9.90 Å². The van der Waals surface area contributed by atoms with Crippen molar-refractivity contribution in [2.24, 2.45) is 0 Å². The molecule has 0 bridgehead atoms. The molecule has 0 aliphatic heterocycles. The van der Waals surface area contributed by atoms with Crippen LogP contribution in [0.5, 0.6) is 0 Å². The van der Waals surface area contributed by atoms with E-state index in [9.17, 15) is 14.7 Å². The van der Waals surface area contributed by atoms with Gasteiger partial charge in [-0.05, 0) is 24.1 Å². The maximum Gasteiger partial charge on any atom is 0.323 e. The summed E-state index contributed by atoms with van der Waals surface area (Å²) in [7, 11) is 0. The lowest BCUT2D eigenvalue weighted by molar-refractivity contribution is -0.137. The largest absolute Gasteiger partial charge is 0.480 e. The molecule has 2 aromatic carbocycles. The van der Waals surface area contributed by atoms with E-state index < -0.39 is 11.5 Å². The van der Waals surface area contributed by atoms with Crippen molar-refractivity contribution in [3.63, 3.8) is 0 Å². The lowest BCUT2D eigenvalue weighted by Gasteiger charge is -2.13. The van der Waals surface area contributed by atoms with Gasteiger partial charge in [0.1, 0.15) is 6.54 Å². The van der Waals surface area contributed by atoms with Gasteiger partial charge < -0.3 is 10.4 Å². The SMILES string of the molecule is O=C(O)Cn1c(CSc2ccccc2)cnc(NCCc2ccccc2)c1=O. The third-order valence-electron chi connectivity index (χ3n) is 4.11. The second-order valence-electron chi connectivity index (χ2n) is 6.15. The van der Waals surface area contributed by atoms with E-state index >= 15 is 0 Å². The Morgan fingerprint density at radius 3 is 2.43 bits per heavy atom. The van der Waals surface area contributed by atoms with Crippen LogP contribution in [0.3, 0.4) is 0 Å². The molecule has 0 fully saturated rings. The minimum Gasteiger partial charge on any atom is -0.480 e. The minimum absolute atomic E-state index is 0.172. The monoisotopic (exact) mass is 395 g/mol. The summed E-state index contributed by atoms with van der Waals surface area (Å²) in [5, 5.41) is 12.2. The Bertz CT molecular complexity index is 975. The number of hydrogen-bond acceptors (Lipinski definition) is 5. The van der Waals surface area contributed by atoms with Crippen molar-refractivity contribution in [3.8, 4) is 0 Å². The Morgan fingerprint density at radius 2 is 1.75 bits per heavy atom. The van der Waals surface area contributed by atoms with Crippen LogP contribution in [0, 0.1) is 0 Å². The second kappa shape index (κ2) is 9.75. The van der Waals surface area contributed by atoms with E-state index in [1.54, 1.807) is 6.20 Å². The van der Waals surface area contributed by atoms with Gasteiger partial charge >= 0.3 is 5.97 Å². The molecule has 3 aromatic rings. The number of carboxylic acids is 1. The Hall–Kier alpha value is -3.06. The molecule has 6 nitrogen and oxygen atoms in total. The van der Waals surface area contributed by atoms with E-state index in [0.29, 0.717) is 18.0 Å². The van der Waals surface area contributed by atoms with Gasteiger partial charge in [0, 0.05) is 23.4 Å². The van der Waals surface area contributed by atoms with Gasteiger partial charge in [-0.2, -0.15) is 0 Å². The van der Waals surface area contributed by atoms with Crippen LogP contribution in [-0.4, -0.2) is 27.2 Å². The molecule has 144 valence electrons. The zero-order valence-corrected chi connectivity index (χ0v) is 16.1. The number of nitrogens with zero attached hydrogens (tertiary/aromatic N) is 2. The topological polar surface area (TPSA) is 84.2 Å². The van der Waals surface area contributed by atoms with Crippen molar-refractivity contribution in [2.75, 3.05) is 11.9 Å². The number of carbonyl (C=O) groups is 1. The van der Waals surface area contributed by atoms with Crippen LogP contribution in [0.1, 0.15) is 11.3 Å². The molecular formula is C21H21N3O3S. The molecule has 2 N–H and O–H groups in total. The number of carboxylic acid groups (broad SMARTS) is 1. The van der Waals surface area contributed by atoms with Gasteiger partial charge in [0.25, 0.3) is 5.56 Å². The molecule has 0 spiro atoms. The third-order valence-corrected chi connectivity index (χ3v) is 5.15. The van der Waals surface area contributed by atoms with Crippen molar-refractivity contribution in [1.29, 1.82) is 0 Å². The standard InChI is InChI=1S/C21H21N3O3S/c25-19(26)14-24-17(15-28-18-9-5-2-6-10-18)13-23-20(21(24)27)22-12-11-16-7-3-1-4-8-16/h1-10,13H,11-12,14-15H2,(H,22,23)(H,25,26). The Morgan fingerprint density at radius 1 is 1.07 bits per heavy atom. The van der Waals surface area contributed by atoms with E-state index in [0.717, 1.165) is 16.9 Å². The summed E-state index contributed by atoms with van der Waals surface area (Å²) >= 11 is 1.53. The van der Waals surface area contributed by atoms with E-state index in [2.05, 4.69) is 10.3 Å². The van der Waals surface area contributed by atoms with Crippen LogP contribution in [0.25, 0.3) is 0 Å². The summed E-state index contributed by atoms with van der Waals surface area (Å²) in [6.45, 7) is 0.150. The Balaban J connectivity index is 1.73. The highest BCUT2D eigenvalue weighted by atomic mass is 32.2. The Labute approximate surface area is 167 Å². The fourth-order valence-electron chi connectivity index (χ4n) is 2.71. The van der Waals surface area contributed by atoms with Gasteiger partial charge in [-0.25, -0.2) is 4.98 Å². The quantitative estimate of drug-likeness (QED) is 0.541. The minimum atomic E-state index is -1.06. The zero-order valence-electron chi connectivity index (χ0n) is 15.2. The van der Waals surface area contributed by atoms with Gasteiger partial charge in [-0.3, -0.25) is 14.2 Å². The van der Waals surface area contributed by atoms with Crippen LogP contribution < -0.4 is 10.9 Å². The number of nitrogens with one attached hydrogen (secondary N) is 1. The fourth-order valence-corrected chi connectivity index (χ4v) is 3.61. The van der Waals surface area contributed by atoms with Gasteiger partial charge in [0.05, 0.1) is 5.69 Å². The molecule has 0 saturated heterocycles. The molecule has 0 unspecified atom stereocenters. The van der Waals surface area contributed by atoms with Crippen molar-refractivity contribution >= 4 is 23.5 Å². The molecule has 7 heteroatoms. The highest BCUT2D eigenvalue weighted by Crippen LogP contribution is 2.21. The van der Waals surface area contributed by atoms with E-state index in [1.165, 1.54) is 16.3 Å². The third kappa shape index (κ3) is 5.47. The van der Waals surface area contributed by atoms with Crippen LogP contribution in [0.15, 0.2) is 76.6 Å².